The first-order valence-electron chi connectivity index (χ1n) is 3.27. The molecule has 1 radical (unpaired) electrons. The Labute approximate surface area is 56.6 Å². The molecule has 0 aromatic heterocycles. The maximum Gasteiger partial charge on any atom is 0.217 e. The van der Waals surface area contributed by atoms with Crippen molar-refractivity contribution >= 4 is 5.91 Å². The molecule has 0 saturated heterocycles. The third kappa shape index (κ3) is 4.01. The average molecular weight is 128 g/mol. The zero-order valence-electron chi connectivity index (χ0n) is 6.11. The number of nitrogens with one attached hydrogen (secondary N) is 1. The molecule has 2 heteroatoms. The molecular weight excluding hydrogens is 114 g/mol. The lowest BCUT2D eigenvalue weighted by Gasteiger charge is -2.11. The minimum Gasteiger partial charge on any atom is -0.354 e. The van der Waals surface area contributed by atoms with Crippen LogP contribution in [0, 0.1) is 6.92 Å². The van der Waals surface area contributed by atoms with Gasteiger partial charge in [0.05, 0.1) is 0 Å². The highest BCUT2D eigenvalue weighted by atomic mass is 16.1. The van der Waals surface area contributed by atoms with Crippen molar-refractivity contribution in [2.24, 2.45) is 0 Å². The molecule has 0 aliphatic heterocycles. The van der Waals surface area contributed by atoms with Gasteiger partial charge in [0.15, 0.2) is 0 Å². The van der Waals surface area contributed by atoms with Crippen LogP contribution in [-0.2, 0) is 4.79 Å². The fourth-order valence-electron chi connectivity index (χ4n) is 0.666. The number of carbonyl (C=O) groups excluding carboxylic acids is 1. The number of carbonyl (C=O) groups is 1. The Kier molecular flexibility index (Phi) is 4.10. The molecule has 9 heavy (non-hydrogen) atoms. The molecule has 0 rings (SSSR count). The first-order chi connectivity index (χ1) is 4.20. The molecule has 0 heterocycles. The van der Waals surface area contributed by atoms with E-state index in [0.29, 0.717) is 0 Å². The second-order valence-corrected chi connectivity index (χ2v) is 2.09. The van der Waals surface area contributed by atoms with Crippen molar-refractivity contribution in [2.45, 2.75) is 32.7 Å². The average Bonchev–Trinajstić information content (AvgIpc) is 1.82. The molecule has 1 unspecified atom stereocenters. The monoisotopic (exact) mass is 128 g/mol. The van der Waals surface area contributed by atoms with Gasteiger partial charge in [-0.3, -0.25) is 4.79 Å². The van der Waals surface area contributed by atoms with Crippen LogP contribution in [-0.4, -0.2) is 11.9 Å². The normalized spacial score (nSPS) is 9.78. The quantitative estimate of drug-likeness (QED) is 0.606. The van der Waals surface area contributed by atoms with Crippen LogP contribution >= 0.6 is 0 Å². The second-order valence-electron chi connectivity index (χ2n) is 2.09. The number of rotatable bonds is 3. The molecular formula is C7H14NO. The van der Waals surface area contributed by atoms with E-state index in [1.165, 1.54) is 6.92 Å². The van der Waals surface area contributed by atoms with Gasteiger partial charge in [-0.1, -0.05) is 13.8 Å². The van der Waals surface area contributed by atoms with Gasteiger partial charge in [0.25, 0.3) is 0 Å². The maximum atomic E-state index is 10.4. The van der Waals surface area contributed by atoms with Gasteiger partial charge in [0, 0.05) is 13.0 Å². The molecule has 0 fully saturated rings. The van der Waals surface area contributed by atoms with Gasteiger partial charge in [-0.15, -0.1) is 0 Å². The predicted octanol–water partition coefficient (Wildman–Crippen LogP) is 1.13. The van der Waals surface area contributed by atoms with Gasteiger partial charge in [-0.05, 0) is 12.8 Å². The Morgan fingerprint density at radius 1 is 1.78 bits per heavy atom. The highest BCUT2D eigenvalue weighted by Gasteiger charge is 2.01. The second kappa shape index (κ2) is 4.36. The van der Waals surface area contributed by atoms with Crippen molar-refractivity contribution in [1.82, 2.24) is 5.32 Å². The topological polar surface area (TPSA) is 29.1 Å². The first-order valence-corrected chi connectivity index (χ1v) is 3.27. The van der Waals surface area contributed by atoms with E-state index in [-0.39, 0.29) is 11.9 Å². The van der Waals surface area contributed by atoms with Crippen molar-refractivity contribution in [2.75, 3.05) is 0 Å². The van der Waals surface area contributed by atoms with Crippen molar-refractivity contribution < 1.29 is 4.79 Å². The van der Waals surface area contributed by atoms with Gasteiger partial charge in [-0.25, -0.2) is 0 Å². The minimum atomic E-state index is 0.0329. The third-order valence-electron chi connectivity index (χ3n) is 1.25. The summed E-state index contributed by atoms with van der Waals surface area (Å²) < 4.78 is 0. The minimum absolute atomic E-state index is 0.0329. The molecule has 1 amide bonds. The molecule has 0 spiro atoms. The summed E-state index contributed by atoms with van der Waals surface area (Å²) in [5, 5.41) is 2.78. The Morgan fingerprint density at radius 2 is 2.33 bits per heavy atom. The number of hydrogen-bond donors (Lipinski definition) is 1. The van der Waals surface area contributed by atoms with Gasteiger partial charge in [0.1, 0.15) is 0 Å². The third-order valence-corrected chi connectivity index (χ3v) is 1.25. The van der Waals surface area contributed by atoms with Crippen LogP contribution < -0.4 is 5.32 Å². The summed E-state index contributed by atoms with van der Waals surface area (Å²) >= 11 is 0. The lowest BCUT2D eigenvalue weighted by molar-refractivity contribution is -0.119. The van der Waals surface area contributed by atoms with E-state index in [0.717, 1.165) is 12.8 Å². The summed E-state index contributed by atoms with van der Waals surface area (Å²) in [6.45, 7) is 7.25. The molecule has 53 valence electrons. The van der Waals surface area contributed by atoms with Gasteiger partial charge in [-0.2, -0.15) is 0 Å². The smallest absolute Gasteiger partial charge is 0.217 e. The molecule has 0 bridgehead atoms. The largest absolute Gasteiger partial charge is 0.354 e. The van der Waals surface area contributed by atoms with E-state index in [9.17, 15) is 4.79 Å². The van der Waals surface area contributed by atoms with E-state index in [2.05, 4.69) is 12.2 Å². The highest BCUT2D eigenvalue weighted by Crippen LogP contribution is 1.93. The van der Waals surface area contributed by atoms with Crippen LogP contribution in [0.2, 0.25) is 0 Å². The molecule has 0 aromatic carbocycles. The van der Waals surface area contributed by atoms with Crippen molar-refractivity contribution in [3.8, 4) is 0 Å². The highest BCUT2D eigenvalue weighted by molar-refractivity contribution is 5.73. The summed E-state index contributed by atoms with van der Waals surface area (Å²) in [6, 6.07) is 0.266. The van der Waals surface area contributed by atoms with Crippen LogP contribution in [0.15, 0.2) is 0 Å². The fraction of sp³-hybridized carbons (Fsp3) is 0.714. The summed E-state index contributed by atoms with van der Waals surface area (Å²) in [7, 11) is 0. The Hall–Kier alpha value is -0.530. The molecule has 1 N–H and O–H groups in total. The van der Waals surface area contributed by atoms with Crippen molar-refractivity contribution in [3.63, 3.8) is 0 Å². The Balaban J connectivity index is 3.43. The molecule has 0 aromatic rings. The molecule has 0 aliphatic carbocycles. The van der Waals surface area contributed by atoms with Crippen molar-refractivity contribution in [3.05, 3.63) is 6.92 Å². The van der Waals surface area contributed by atoms with Gasteiger partial charge < -0.3 is 5.32 Å². The zero-order chi connectivity index (χ0) is 7.28. The van der Waals surface area contributed by atoms with Gasteiger partial charge in [0.2, 0.25) is 5.91 Å². The Morgan fingerprint density at radius 3 is 2.44 bits per heavy atom. The zero-order valence-corrected chi connectivity index (χ0v) is 6.11. The first kappa shape index (κ1) is 8.47. The lowest BCUT2D eigenvalue weighted by Crippen LogP contribution is -2.31. The van der Waals surface area contributed by atoms with Crippen LogP contribution in [0.3, 0.4) is 0 Å². The summed E-state index contributed by atoms with van der Waals surface area (Å²) in [5.74, 6) is 0.0329. The molecule has 1 atom stereocenters. The maximum absolute atomic E-state index is 10.4. The Bertz CT molecular complexity index is 86.9. The SMILES string of the molecule is [CH2]CC(CC)NC(C)=O. The van der Waals surface area contributed by atoms with E-state index in [4.69, 9.17) is 0 Å². The molecule has 0 saturated carbocycles. The van der Waals surface area contributed by atoms with Crippen LogP contribution in [0.5, 0.6) is 0 Å². The van der Waals surface area contributed by atoms with Crippen LogP contribution in [0.25, 0.3) is 0 Å². The van der Waals surface area contributed by atoms with E-state index in [1.54, 1.807) is 0 Å². The fourth-order valence-corrected chi connectivity index (χ4v) is 0.666. The summed E-state index contributed by atoms with van der Waals surface area (Å²) in [4.78, 5) is 10.4. The number of hydrogen-bond acceptors (Lipinski definition) is 1. The van der Waals surface area contributed by atoms with Crippen LogP contribution in [0.4, 0.5) is 0 Å². The summed E-state index contributed by atoms with van der Waals surface area (Å²) in [6.07, 6.45) is 1.74. The molecule has 2 nitrogen and oxygen atoms in total. The van der Waals surface area contributed by atoms with Crippen LogP contribution in [0.1, 0.15) is 26.7 Å². The van der Waals surface area contributed by atoms with Gasteiger partial charge >= 0.3 is 0 Å². The summed E-state index contributed by atoms with van der Waals surface area (Å²) in [5.41, 5.74) is 0. The predicted molar refractivity (Wildman–Crippen MR) is 37.9 cm³/mol. The standard InChI is InChI=1S/C7H14NO/c1-4-7(5-2)8-6(3)9/h7H,1,4-5H2,2-3H3,(H,8,9). The van der Waals surface area contributed by atoms with E-state index in [1.807, 2.05) is 6.92 Å². The number of amides is 1. The van der Waals surface area contributed by atoms with E-state index < -0.39 is 0 Å². The van der Waals surface area contributed by atoms with E-state index >= 15 is 0 Å². The van der Waals surface area contributed by atoms with Crippen molar-refractivity contribution in [1.29, 1.82) is 0 Å². The lowest BCUT2D eigenvalue weighted by atomic mass is 10.2. The molecule has 0 aliphatic rings.